The number of rotatable bonds is 2. The van der Waals surface area contributed by atoms with E-state index in [-0.39, 0.29) is 35.8 Å². The lowest BCUT2D eigenvalue weighted by Gasteiger charge is -2.34. The van der Waals surface area contributed by atoms with Gasteiger partial charge in [-0.2, -0.15) is 0 Å². The summed E-state index contributed by atoms with van der Waals surface area (Å²) in [5.74, 6) is -0.0739. The van der Waals surface area contributed by atoms with Gasteiger partial charge in [-0.05, 0) is 33.6 Å². The molecule has 2 aliphatic rings. The molecule has 0 aromatic carbocycles. The van der Waals surface area contributed by atoms with Crippen LogP contribution in [0.2, 0.25) is 0 Å². The van der Waals surface area contributed by atoms with E-state index in [0.29, 0.717) is 39.0 Å². The minimum Gasteiger partial charge on any atom is -0.381 e. The molecule has 2 rings (SSSR count). The molecule has 0 aliphatic carbocycles. The van der Waals surface area contributed by atoms with Gasteiger partial charge in [0.25, 0.3) is 0 Å². The van der Waals surface area contributed by atoms with Gasteiger partial charge in [0.05, 0.1) is 11.6 Å². The third-order valence-electron chi connectivity index (χ3n) is 4.11. The van der Waals surface area contributed by atoms with Crippen LogP contribution >= 0.6 is 12.4 Å². The van der Waals surface area contributed by atoms with Gasteiger partial charge in [0.2, 0.25) is 11.8 Å². The summed E-state index contributed by atoms with van der Waals surface area (Å²) < 4.78 is 5.24. The molecule has 0 radical (unpaired) electrons. The Balaban J connectivity index is 0.00000220. The Morgan fingerprint density at radius 2 is 1.95 bits per heavy atom. The van der Waals surface area contributed by atoms with Crippen LogP contribution in [0.25, 0.3) is 0 Å². The van der Waals surface area contributed by atoms with Crippen molar-refractivity contribution in [1.82, 2.24) is 10.2 Å². The quantitative estimate of drug-likeness (QED) is 0.773. The van der Waals surface area contributed by atoms with E-state index in [0.717, 1.165) is 0 Å². The number of carbonyl (C=O) groups is 2. The van der Waals surface area contributed by atoms with E-state index in [2.05, 4.69) is 5.32 Å². The maximum Gasteiger partial charge on any atom is 0.240 e. The number of amides is 2. The molecule has 0 saturated carbocycles. The van der Waals surface area contributed by atoms with Crippen LogP contribution < -0.4 is 11.1 Å². The minimum atomic E-state index is -0.851. The molecular formula is C14H26ClN3O3. The summed E-state index contributed by atoms with van der Waals surface area (Å²) in [5, 5.41) is 2.94. The van der Waals surface area contributed by atoms with Crippen molar-refractivity contribution in [3.8, 4) is 0 Å². The molecule has 2 aliphatic heterocycles. The van der Waals surface area contributed by atoms with Crippen molar-refractivity contribution in [1.29, 1.82) is 0 Å². The van der Waals surface area contributed by atoms with Crippen molar-refractivity contribution < 1.29 is 14.3 Å². The molecule has 122 valence electrons. The Kier molecular flexibility index (Phi) is 5.63. The molecule has 21 heavy (non-hydrogen) atoms. The maximum atomic E-state index is 12.3. The molecule has 3 N–H and O–H groups in total. The van der Waals surface area contributed by atoms with E-state index < -0.39 is 5.54 Å². The Bertz CT molecular complexity index is 403. The largest absolute Gasteiger partial charge is 0.381 e. The van der Waals surface area contributed by atoms with Crippen molar-refractivity contribution in [2.75, 3.05) is 19.8 Å². The molecule has 7 heteroatoms. The first-order valence-corrected chi connectivity index (χ1v) is 7.20. The number of nitrogens with one attached hydrogen (secondary N) is 1. The monoisotopic (exact) mass is 319 g/mol. The number of halogens is 1. The number of ether oxygens (including phenoxy) is 1. The zero-order valence-corrected chi connectivity index (χ0v) is 13.8. The molecule has 6 nitrogen and oxygen atoms in total. The first-order valence-electron chi connectivity index (χ1n) is 7.20. The highest BCUT2D eigenvalue weighted by Crippen LogP contribution is 2.23. The van der Waals surface area contributed by atoms with Gasteiger partial charge >= 0.3 is 0 Å². The van der Waals surface area contributed by atoms with E-state index in [1.54, 1.807) is 0 Å². The summed E-state index contributed by atoms with van der Waals surface area (Å²) in [7, 11) is 0. The third-order valence-corrected chi connectivity index (χ3v) is 4.11. The molecule has 2 amide bonds. The van der Waals surface area contributed by atoms with Crippen LogP contribution in [0, 0.1) is 0 Å². The topological polar surface area (TPSA) is 84.7 Å². The molecule has 0 aromatic rings. The smallest absolute Gasteiger partial charge is 0.240 e. The summed E-state index contributed by atoms with van der Waals surface area (Å²) in [6.07, 6.45) is 1.42. The van der Waals surface area contributed by atoms with Gasteiger partial charge in [0, 0.05) is 31.7 Å². The number of nitrogens with zero attached hydrogens (tertiary/aromatic N) is 1. The lowest BCUT2D eigenvalue weighted by atomic mass is 9.90. The van der Waals surface area contributed by atoms with Gasteiger partial charge < -0.3 is 20.7 Å². The second kappa shape index (κ2) is 6.50. The van der Waals surface area contributed by atoms with Crippen molar-refractivity contribution in [3.05, 3.63) is 0 Å². The highest BCUT2D eigenvalue weighted by atomic mass is 35.5. The molecule has 2 saturated heterocycles. The summed E-state index contributed by atoms with van der Waals surface area (Å²) in [5.41, 5.74) is 5.08. The third kappa shape index (κ3) is 4.08. The second-order valence-corrected chi connectivity index (χ2v) is 6.82. The Morgan fingerprint density at radius 1 is 1.38 bits per heavy atom. The van der Waals surface area contributed by atoms with Crippen LogP contribution in [0.15, 0.2) is 0 Å². The van der Waals surface area contributed by atoms with Gasteiger partial charge in [0.15, 0.2) is 0 Å². The highest BCUT2D eigenvalue weighted by Gasteiger charge is 2.41. The standard InChI is InChI=1S/C14H25N3O3.ClH/c1-13(2,3)17-9-10(8-11(17)18)16-12(19)14(15)4-6-20-7-5-14;/h10H,4-9,15H2,1-3H3,(H,16,19);1H. The molecule has 1 atom stereocenters. The summed E-state index contributed by atoms with van der Waals surface area (Å²) in [6, 6.07) is -0.141. The highest BCUT2D eigenvalue weighted by molar-refractivity contribution is 5.88. The van der Waals surface area contributed by atoms with E-state index >= 15 is 0 Å². The number of hydrogen-bond acceptors (Lipinski definition) is 4. The predicted octanol–water partition coefficient (Wildman–Crippen LogP) is 0.432. The van der Waals surface area contributed by atoms with E-state index in [1.165, 1.54) is 0 Å². The van der Waals surface area contributed by atoms with Crippen LogP contribution in [0.5, 0.6) is 0 Å². The van der Waals surface area contributed by atoms with Crippen molar-refractivity contribution in [2.45, 2.75) is 57.2 Å². The van der Waals surface area contributed by atoms with Crippen molar-refractivity contribution in [3.63, 3.8) is 0 Å². The summed E-state index contributed by atoms with van der Waals surface area (Å²) >= 11 is 0. The van der Waals surface area contributed by atoms with E-state index in [4.69, 9.17) is 10.5 Å². The average molecular weight is 320 g/mol. The van der Waals surface area contributed by atoms with Gasteiger partial charge in [0.1, 0.15) is 0 Å². The average Bonchev–Trinajstić information content (AvgIpc) is 2.71. The summed E-state index contributed by atoms with van der Waals surface area (Å²) in [4.78, 5) is 26.1. The first-order chi connectivity index (χ1) is 9.22. The SMILES string of the molecule is CC(C)(C)N1CC(NC(=O)C2(N)CCOCC2)CC1=O.Cl. The zero-order valence-electron chi connectivity index (χ0n) is 13.0. The van der Waals surface area contributed by atoms with Gasteiger partial charge in [-0.25, -0.2) is 0 Å². The second-order valence-electron chi connectivity index (χ2n) is 6.82. The Hall–Kier alpha value is -0.850. The number of nitrogens with two attached hydrogens (primary N) is 1. The van der Waals surface area contributed by atoms with Crippen LogP contribution in [0.1, 0.15) is 40.0 Å². The molecule has 0 aromatic heterocycles. The van der Waals surface area contributed by atoms with Crippen molar-refractivity contribution >= 4 is 24.2 Å². The van der Waals surface area contributed by atoms with Crippen LogP contribution in [-0.4, -0.2) is 53.6 Å². The van der Waals surface area contributed by atoms with Crippen LogP contribution in [0.4, 0.5) is 0 Å². The number of hydrogen-bond donors (Lipinski definition) is 2. The molecular weight excluding hydrogens is 294 g/mol. The first kappa shape index (κ1) is 18.2. The molecule has 2 heterocycles. The molecule has 0 bridgehead atoms. The lowest BCUT2D eigenvalue weighted by molar-refractivity contribution is -0.131. The van der Waals surface area contributed by atoms with Gasteiger partial charge in [-0.1, -0.05) is 0 Å². The fourth-order valence-corrected chi connectivity index (χ4v) is 2.74. The van der Waals surface area contributed by atoms with Gasteiger partial charge in [-0.15, -0.1) is 12.4 Å². The minimum absolute atomic E-state index is 0. The van der Waals surface area contributed by atoms with E-state index in [1.807, 2.05) is 25.7 Å². The molecule has 2 fully saturated rings. The van der Waals surface area contributed by atoms with E-state index in [9.17, 15) is 9.59 Å². The van der Waals surface area contributed by atoms with Crippen molar-refractivity contribution in [2.24, 2.45) is 5.73 Å². The van der Waals surface area contributed by atoms with Crippen LogP contribution in [-0.2, 0) is 14.3 Å². The fraction of sp³-hybridized carbons (Fsp3) is 0.857. The zero-order chi connectivity index (χ0) is 15.0. The molecule has 1 unspecified atom stereocenters. The number of likely N-dealkylation sites (tertiary alicyclic amines) is 1. The molecule has 0 spiro atoms. The normalized spacial score (nSPS) is 25.4. The Labute approximate surface area is 132 Å². The fourth-order valence-electron chi connectivity index (χ4n) is 2.74. The van der Waals surface area contributed by atoms with Gasteiger partial charge in [-0.3, -0.25) is 9.59 Å². The van der Waals surface area contributed by atoms with Crippen LogP contribution in [0.3, 0.4) is 0 Å². The maximum absolute atomic E-state index is 12.3. The lowest BCUT2D eigenvalue weighted by Crippen LogP contribution is -2.59. The Morgan fingerprint density at radius 3 is 2.43 bits per heavy atom. The number of carbonyl (C=O) groups excluding carboxylic acids is 2. The predicted molar refractivity (Wildman–Crippen MR) is 82.2 cm³/mol. The summed E-state index contributed by atoms with van der Waals surface area (Å²) in [6.45, 7) is 7.58.